The molecule has 0 spiro atoms. The molecule has 9 aromatic rings. The summed E-state index contributed by atoms with van der Waals surface area (Å²) in [5.74, 6) is -0.931. The van der Waals surface area contributed by atoms with Crippen LogP contribution in [0.5, 0.6) is 0 Å². The number of fused-ring (bicyclic) bond motifs is 2. The summed E-state index contributed by atoms with van der Waals surface area (Å²) >= 11 is 0. The summed E-state index contributed by atoms with van der Waals surface area (Å²) < 4.78 is 10.8. The van der Waals surface area contributed by atoms with Crippen LogP contribution in [0.3, 0.4) is 0 Å². The van der Waals surface area contributed by atoms with Crippen LogP contribution in [0.4, 0.5) is 34.1 Å². The molecular weight excluding hydrogens is 789 g/mol. The Morgan fingerprint density at radius 2 is 0.688 bits per heavy atom. The van der Waals surface area contributed by atoms with Crippen molar-refractivity contribution in [3.63, 3.8) is 0 Å². The zero-order valence-electron chi connectivity index (χ0n) is 35.1. The number of nitrogens with zero attached hydrogens (tertiary/aromatic N) is 2. The quantitative estimate of drug-likeness (QED) is 0.0618. The van der Waals surface area contributed by atoms with Gasteiger partial charge in [0.15, 0.2) is 0 Å². The lowest BCUT2D eigenvalue weighted by molar-refractivity contribution is -0.139. The topological polar surface area (TPSA) is 59.1 Å². The molecule has 0 aromatic heterocycles. The number of para-hydroxylation sites is 4. The third kappa shape index (κ3) is 8.53. The highest BCUT2D eigenvalue weighted by molar-refractivity contribution is 6.22. The molecule has 6 nitrogen and oxygen atoms in total. The lowest BCUT2D eigenvalue weighted by atomic mass is 9.85. The Labute approximate surface area is 373 Å². The Kier molecular flexibility index (Phi) is 11.9. The molecule has 9 rings (SSSR count). The van der Waals surface area contributed by atoms with Gasteiger partial charge in [0.1, 0.15) is 13.2 Å². The lowest BCUT2D eigenvalue weighted by Gasteiger charge is -2.28. The van der Waals surface area contributed by atoms with Crippen molar-refractivity contribution in [2.75, 3.05) is 9.80 Å². The second kappa shape index (κ2) is 18.6. The normalized spacial score (nSPS) is 10.9. The molecule has 0 fully saturated rings. The van der Waals surface area contributed by atoms with E-state index in [4.69, 9.17) is 9.47 Å². The number of anilines is 6. The van der Waals surface area contributed by atoms with E-state index in [1.165, 1.54) is 12.2 Å². The minimum absolute atomic E-state index is 0.139. The zero-order valence-corrected chi connectivity index (χ0v) is 35.1. The molecule has 64 heavy (non-hydrogen) atoms. The van der Waals surface area contributed by atoms with Gasteiger partial charge in [-0.1, -0.05) is 147 Å². The van der Waals surface area contributed by atoms with Crippen LogP contribution in [0.15, 0.2) is 232 Å². The molecule has 0 amide bonds. The number of carbonyl (C=O) groups is 2. The van der Waals surface area contributed by atoms with Crippen LogP contribution in [0.2, 0.25) is 0 Å². The Balaban J connectivity index is 1.33. The zero-order chi connectivity index (χ0) is 43.8. The highest BCUT2D eigenvalue weighted by atomic mass is 16.5. The monoisotopic (exact) mass is 832 g/mol. The van der Waals surface area contributed by atoms with E-state index in [9.17, 15) is 9.59 Å². The number of hydrogen-bond donors (Lipinski definition) is 0. The molecule has 0 aliphatic rings. The van der Waals surface area contributed by atoms with Crippen LogP contribution < -0.4 is 9.80 Å². The summed E-state index contributed by atoms with van der Waals surface area (Å²) in [6.07, 6.45) is 2.35. The van der Waals surface area contributed by atoms with Gasteiger partial charge >= 0.3 is 11.9 Å². The van der Waals surface area contributed by atoms with Crippen LogP contribution in [-0.2, 0) is 32.3 Å². The number of hydrogen-bond acceptors (Lipinski definition) is 6. The first-order chi connectivity index (χ1) is 31.5. The minimum Gasteiger partial charge on any atom is -0.458 e. The van der Waals surface area contributed by atoms with Gasteiger partial charge in [-0.05, 0) is 128 Å². The first kappa shape index (κ1) is 40.9. The van der Waals surface area contributed by atoms with Gasteiger partial charge < -0.3 is 19.3 Å². The third-order valence-electron chi connectivity index (χ3n) is 11.2. The van der Waals surface area contributed by atoms with Gasteiger partial charge in [-0.25, -0.2) is 9.59 Å². The molecule has 0 N–H and O–H groups in total. The van der Waals surface area contributed by atoms with Crippen molar-refractivity contribution < 1.29 is 19.1 Å². The van der Waals surface area contributed by atoms with E-state index in [0.717, 1.165) is 89.0 Å². The summed E-state index contributed by atoms with van der Waals surface area (Å²) in [5.41, 5.74) is 12.0. The largest absolute Gasteiger partial charge is 0.458 e. The average molecular weight is 833 g/mol. The minimum atomic E-state index is -0.466. The second-order valence-corrected chi connectivity index (χ2v) is 15.2. The first-order valence-electron chi connectivity index (χ1n) is 21.1. The Morgan fingerprint density at radius 3 is 0.984 bits per heavy atom. The van der Waals surface area contributed by atoms with E-state index in [2.05, 4.69) is 181 Å². The fourth-order valence-electron chi connectivity index (χ4n) is 8.27. The predicted octanol–water partition coefficient (Wildman–Crippen LogP) is 14.7. The molecule has 0 bridgehead atoms. The van der Waals surface area contributed by atoms with Crippen LogP contribution in [-0.4, -0.2) is 11.9 Å². The van der Waals surface area contributed by atoms with Crippen LogP contribution in [0.25, 0.3) is 43.8 Å². The number of benzene rings is 9. The molecule has 0 unspecified atom stereocenters. The maximum absolute atomic E-state index is 12.0. The molecular formula is C58H44N2O4. The molecule has 0 aliphatic carbocycles. The summed E-state index contributed by atoms with van der Waals surface area (Å²) in [5, 5.41) is 4.24. The van der Waals surface area contributed by atoms with Crippen molar-refractivity contribution in [1.29, 1.82) is 0 Å². The van der Waals surface area contributed by atoms with Gasteiger partial charge in [-0.15, -0.1) is 0 Å². The number of carbonyl (C=O) groups excluding carboxylic acids is 2. The van der Waals surface area contributed by atoms with Crippen molar-refractivity contribution in [2.45, 2.75) is 13.2 Å². The maximum Gasteiger partial charge on any atom is 0.330 e. The van der Waals surface area contributed by atoms with Gasteiger partial charge in [0, 0.05) is 46.3 Å². The molecule has 0 saturated heterocycles. The summed E-state index contributed by atoms with van der Waals surface area (Å²) in [6.45, 7) is 7.36. The van der Waals surface area contributed by atoms with E-state index < -0.39 is 11.9 Å². The molecule has 310 valence electrons. The van der Waals surface area contributed by atoms with Gasteiger partial charge in [0.05, 0.1) is 0 Å². The van der Waals surface area contributed by atoms with Gasteiger partial charge in [-0.3, -0.25) is 0 Å². The molecule has 9 aromatic carbocycles. The van der Waals surface area contributed by atoms with Gasteiger partial charge in [0.2, 0.25) is 0 Å². The number of esters is 2. The Morgan fingerprint density at radius 1 is 0.375 bits per heavy atom. The standard InChI is InChI=1S/C58H44N2O4/c1-3-55(61)63-39-41-25-29-43(30-26-41)57-51-35-33-50(60(47-21-13-7-14-22-47)48-23-15-8-16-24-48)38-54(51)58(44-31-27-42(28-32-44)40-64-56(62)4-2)52-36-34-49(37-53(52)57)59(45-17-9-5-10-18-45)46-19-11-6-12-20-46/h3-38H,1-2,39-40H2. The van der Waals surface area contributed by atoms with Crippen LogP contribution in [0.1, 0.15) is 11.1 Å². The summed E-state index contributed by atoms with van der Waals surface area (Å²) in [7, 11) is 0. The van der Waals surface area contributed by atoms with Crippen molar-refractivity contribution in [2.24, 2.45) is 0 Å². The Hall–Kier alpha value is -8.48. The van der Waals surface area contributed by atoms with Gasteiger partial charge in [-0.2, -0.15) is 0 Å². The molecule has 0 saturated carbocycles. The smallest absolute Gasteiger partial charge is 0.330 e. The highest BCUT2D eigenvalue weighted by Crippen LogP contribution is 2.48. The third-order valence-corrected chi connectivity index (χ3v) is 11.2. The van der Waals surface area contributed by atoms with Crippen molar-refractivity contribution >= 4 is 67.6 Å². The Bertz CT molecular complexity index is 2800. The fourth-order valence-corrected chi connectivity index (χ4v) is 8.27. The average Bonchev–Trinajstić information content (AvgIpc) is 3.36. The summed E-state index contributed by atoms with van der Waals surface area (Å²) in [6, 6.07) is 71.6. The second-order valence-electron chi connectivity index (χ2n) is 15.2. The number of ether oxygens (including phenoxy) is 2. The van der Waals surface area contributed by atoms with E-state index in [1.807, 2.05) is 48.5 Å². The molecule has 6 heteroatoms. The molecule has 0 aliphatic heterocycles. The van der Waals surface area contributed by atoms with E-state index in [0.29, 0.717) is 0 Å². The maximum atomic E-state index is 12.0. The first-order valence-corrected chi connectivity index (χ1v) is 21.1. The molecule has 0 heterocycles. The molecule has 0 radical (unpaired) electrons. The highest BCUT2D eigenvalue weighted by Gasteiger charge is 2.22. The van der Waals surface area contributed by atoms with E-state index in [-0.39, 0.29) is 13.2 Å². The van der Waals surface area contributed by atoms with Crippen molar-refractivity contribution in [3.8, 4) is 22.3 Å². The van der Waals surface area contributed by atoms with Crippen LogP contribution >= 0.6 is 0 Å². The van der Waals surface area contributed by atoms with E-state index in [1.54, 1.807) is 0 Å². The van der Waals surface area contributed by atoms with Crippen molar-refractivity contribution in [1.82, 2.24) is 0 Å². The number of rotatable bonds is 14. The SMILES string of the molecule is C=CC(=O)OCc1ccc(-c2c3ccc(N(c4ccccc4)c4ccccc4)cc3c(-c3ccc(COC(=O)C=C)cc3)c3ccc(N(c4ccccc4)c4ccccc4)cc23)cc1. The van der Waals surface area contributed by atoms with E-state index >= 15 is 0 Å². The molecule has 0 atom stereocenters. The van der Waals surface area contributed by atoms with Crippen molar-refractivity contribution in [3.05, 3.63) is 243 Å². The van der Waals surface area contributed by atoms with Crippen LogP contribution in [0, 0.1) is 0 Å². The fraction of sp³-hybridized carbons (Fsp3) is 0.0345. The lowest BCUT2D eigenvalue weighted by Crippen LogP contribution is -2.10. The summed E-state index contributed by atoms with van der Waals surface area (Å²) in [4.78, 5) is 28.5. The van der Waals surface area contributed by atoms with Gasteiger partial charge in [0.25, 0.3) is 0 Å². The predicted molar refractivity (Wildman–Crippen MR) is 262 cm³/mol.